The van der Waals surface area contributed by atoms with Crippen molar-refractivity contribution in [2.45, 2.75) is 19.8 Å². The van der Waals surface area contributed by atoms with E-state index in [9.17, 15) is 14.4 Å². The van der Waals surface area contributed by atoms with Gasteiger partial charge >= 0.3 is 5.97 Å². The molecule has 5 nitrogen and oxygen atoms in total. The molecule has 2 aromatic carbocycles. The summed E-state index contributed by atoms with van der Waals surface area (Å²) in [5.41, 5.74) is 1.94. The first-order chi connectivity index (χ1) is 10.9. The van der Waals surface area contributed by atoms with E-state index in [1.54, 1.807) is 12.1 Å². The highest BCUT2D eigenvalue weighted by atomic mass is 16.4. The van der Waals surface area contributed by atoms with Gasteiger partial charge in [-0.05, 0) is 41.8 Å². The molecule has 0 unspecified atom stereocenters. The third kappa shape index (κ3) is 2.40. The summed E-state index contributed by atoms with van der Waals surface area (Å²) in [6.07, 6.45) is 0. The molecular formula is C18H15NO4. The Kier molecular flexibility index (Phi) is 3.48. The normalized spacial score (nSPS) is 13.6. The highest BCUT2D eigenvalue weighted by Gasteiger charge is 2.37. The number of nitrogens with zero attached hydrogens (tertiary/aromatic N) is 1. The molecular weight excluding hydrogens is 294 g/mol. The Hall–Kier alpha value is -2.95. The fourth-order valence-corrected chi connectivity index (χ4v) is 2.62. The van der Waals surface area contributed by atoms with Crippen molar-refractivity contribution in [3.8, 4) is 0 Å². The van der Waals surface area contributed by atoms with E-state index >= 15 is 0 Å². The lowest BCUT2D eigenvalue weighted by molar-refractivity contribution is 0.0696. The summed E-state index contributed by atoms with van der Waals surface area (Å²) in [6, 6.07) is 11.2. The van der Waals surface area contributed by atoms with Crippen LogP contribution < -0.4 is 4.90 Å². The van der Waals surface area contributed by atoms with Gasteiger partial charge in [0.05, 0.1) is 22.4 Å². The number of carbonyl (C=O) groups excluding carboxylic acids is 2. The zero-order valence-corrected chi connectivity index (χ0v) is 12.7. The third-order valence-corrected chi connectivity index (χ3v) is 3.95. The Bertz CT molecular complexity index is 821. The van der Waals surface area contributed by atoms with Crippen LogP contribution in [-0.2, 0) is 0 Å². The molecule has 0 saturated carbocycles. The molecule has 0 aromatic heterocycles. The summed E-state index contributed by atoms with van der Waals surface area (Å²) >= 11 is 0. The summed E-state index contributed by atoms with van der Waals surface area (Å²) in [7, 11) is 0. The first-order valence-electron chi connectivity index (χ1n) is 7.26. The summed E-state index contributed by atoms with van der Waals surface area (Å²) in [5.74, 6) is -1.71. The average Bonchev–Trinajstić information content (AvgIpc) is 2.78. The Labute approximate surface area is 133 Å². The number of hydrogen-bond acceptors (Lipinski definition) is 3. The molecule has 0 aliphatic carbocycles. The second-order valence-corrected chi connectivity index (χ2v) is 5.76. The van der Waals surface area contributed by atoms with Crippen molar-refractivity contribution in [1.82, 2.24) is 0 Å². The van der Waals surface area contributed by atoms with Gasteiger partial charge in [0.15, 0.2) is 0 Å². The fraction of sp³-hybridized carbons (Fsp3) is 0.167. The number of anilines is 1. The van der Waals surface area contributed by atoms with E-state index in [1.165, 1.54) is 18.2 Å². The topological polar surface area (TPSA) is 74.7 Å². The number of carboxylic acid groups (broad SMARTS) is 1. The minimum Gasteiger partial charge on any atom is -0.478 e. The number of imide groups is 1. The average molecular weight is 309 g/mol. The molecule has 5 heteroatoms. The second-order valence-electron chi connectivity index (χ2n) is 5.76. The Balaban J connectivity index is 2.01. The van der Waals surface area contributed by atoms with Crippen molar-refractivity contribution in [3.63, 3.8) is 0 Å². The van der Waals surface area contributed by atoms with Crippen LogP contribution in [0.5, 0.6) is 0 Å². The molecule has 0 saturated heterocycles. The van der Waals surface area contributed by atoms with Gasteiger partial charge in [-0.3, -0.25) is 9.59 Å². The van der Waals surface area contributed by atoms with E-state index in [1.807, 2.05) is 12.1 Å². The van der Waals surface area contributed by atoms with Gasteiger partial charge in [0.1, 0.15) is 0 Å². The van der Waals surface area contributed by atoms with Crippen LogP contribution >= 0.6 is 0 Å². The standard InChI is InChI=1S/C18H15NO4/c1-10(2)11-3-6-13(7-4-11)19-16(20)14-8-5-12(18(22)23)9-15(14)17(19)21/h3-10H,1-2H3,(H,22,23). The van der Waals surface area contributed by atoms with Crippen LogP contribution in [0.4, 0.5) is 5.69 Å². The van der Waals surface area contributed by atoms with Gasteiger partial charge in [-0.1, -0.05) is 26.0 Å². The molecule has 1 aliphatic rings. The third-order valence-electron chi connectivity index (χ3n) is 3.95. The summed E-state index contributed by atoms with van der Waals surface area (Å²) in [5, 5.41) is 9.02. The lowest BCUT2D eigenvalue weighted by atomic mass is 10.0. The van der Waals surface area contributed by atoms with Crippen LogP contribution in [-0.4, -0.2) is 22.9 Å². The van der Waals surface area contributed by atoms with Gasteiger partial charge in [-0.2, -0.15) is 0 Å². The van der Waals surface area contributed by atoms with E-state index in [4.69, 9.17) is 5.11 Å². The van der Waals surface area contributed by atoms with Gasteiger partial charge in [0, 0.05) is 0 Å². The van der Waals surface area contributed by atoms with Crippen LogP contribution in [0.3, 0.4) is 0 Å². The lowest BCUT2D eigenvalue weighted by Gasteiger charge is -2.15. The molecule has 0 bridgehead atoms. The number of rotatable bonds is 3. The zero-order chi connectivity index (χ0) is 16.7. The van der Waals surface area contributed by atoms with E-state index in [0.29, 0.717) is 11.6 Å². The van der Waals surface area contributed by atoms with Crippen molar-refractivity contribution in [2.75, 3.05) is 4.90 Å². The molecule has 2 amide bonds. The van der Waals surface area contributed by atoms with Crippen LogP contribution in [0.15, 0.2) is 42.5 Å². The highest BCUT2D eigenvalue weighted by Crippen LogP contribution is 2.30. The van der Waals surface area contributed by atoms with Gasteiger partial charge in [-0.15, -0.1) is 0 Å². The fourth-order valence-electron chi connectivity index (χ4n) is 2.62. The van der Waals surface area contributed by atoms with Crippen molar-refractivity contribution in [1.29, 1.82) is 0 Å². The van der Waals surface area contributed by atoms with Gasteiger partial charge < -0.3 is 5.11 Å². The number of hydrogen-bond donors (Lipinski definition) is 1. The maximum Gasteiger partial charge on any atom is 0.335 e. The van der Waals surface area contributed by atoms with Gasteiger partial charge in [-0.25, -0.2) is 9.69 Å². The molecule has 3 rings (SSSR count). The molecule has 23 heavy (non-hydrogen) atoms. The zero-order valence-electron chi connectivity index (χ0n) is 12.7. The SMILES string of the molecule is CC(C)c1ccc(N2C(=O)c3ccc(C(=O)O)cc3C2=O)cc1. The van der Waals surface area contributed by atoms with E-state index in [-0.39, 0.29) is 16.7 Å². The van der Waals surface area contributed by atoms with Gasteiger partial charge in [0.25, 0.3) is 11.8 Å². The summed E-state index contributed by atoms with van der Waals surface area (Å²) in [4.78, 5) is 37.1. The van der Waals surface area contributed by atoms with E-state index < -0.39 is 17.8 Å². The van der Waals surface area contributed by atoms with Crippen LogP contribution in [0, 0.1) is 0 Å². The quantitative estimate of drug-likeness (QED) is 0.883. The number of carbonyl (C=O) groups is 3. The maximum atomic E-state index is 12.5. The van der Waals surface area contributed by atoms with Crippen LogP contribution in [0.2, 0.25) is 0 Å². The first-order valence-corrected chi connectivity index (χ1v) is 7.26. The molecule has 0 fully saturated rings. The molecule has 1 heterocycles. The summed E-state index contributed by atoms with van der Waals surface area (Å²) in [6.45, 7) is 4.12. The predicted molar refractivity (Wildman–Crippen MR) is 85.1 cm³/mol. The molecule has 1 aliphatic heterocycles. The number of carboxylic acids is 1. The van der Waals surface area contributed by atoms with Gasteiger partial charge in [0.2, 0.25) is 0 Å². The maximum absolute atomic E-state index is 12.5. The number of amides is 2. The largest absolute Gasteiger partial charge is 0.478 e. The molecule has 0 atom stereocenters. The summed E-state index contributed by atoms with van der Waals surface area (Å²) < 4.78 is 0. The lowest BCUT2D eigenvalue weighted by Crippen LogP contribution is -2.29. The van der Waals surface area contributed by atoms with Crippen molar-refractivity contribution in [2.24, 2.45) is 0 Å². The highest BCUT2D eigenvalue weighted by molar-refractivity contribution is 6.34. The van der Waals surface area contributed by atoms with Crippen molar-refractivity contribution >= 4 is 23.5 Å². The number of aromatic carboxylic acids is 1. The molecule has 116 valence electrons. The van der Waals surface area contributed by atoms with Crippen molar-refractivity contribution in [3.05, 3.63) is 64.7 Å². The molecule has 0 radical (unpaired) electrons. The van der Waals surface area contributed by atoms with Crippen LogP contribution in [0.25, 0.3) is 0 Å². The first kappa shape index (κ1) is 15.0. The number of fused-ring (bicyclic) bond motifs is 1. The second kappa shape index (κ2) is 5.35. The minimum atomic E-state index is -1.13. The molecule has 0 spiro atoms. The Morgan fingerprint density at radius 2 is 1.57 bits per heavy atom. The minimum absolute atomic E-state index is 0.0121. The Morgan fingerprint density at radius 3 is 2.13 bits per heavy atom. The van der Waals surface area contributed by atoms with Crippen LogP contribution in [0.1, 0.15) is 56.4 Å². The Morgan fingerprint density at radius 1 is 0.957 bits per heavy atom. The monoisotopic (exact) mass is 309 g/mol. The smallest absolute Gasteiger partial charge is 0.335 e. The van der Waals surface area contributed by atoms with E-state index in [2.05, 4.69) is 13.8 Å². The van der Waals surface area contributed by atoms with E-state index in [0.717, 1.165) is 10.5 Å². The molecule has 1 N–H and O–H groups in total. The predicted octanol–water partition coefficient (Wildman–Crippen LogP) is 3.31. The van der Waals surface area contributed by atoms with Crippen molar-refractivity contribution < 1.29 is 19.5 Å². The molecule has 2 aromatic rings. The number of benzene rings is 2.